The molecule has 0 bridgehead atoms. The van der Waals surface area contributed by atoms with Gasteiger partial charge in [-0.3, -0.25) is 14.9 Å². The summed E-state index contributed by atoms with van der Waals surface area (Å²) in [6.45, 7) is 3.53. The van der Waals surface area contributed by atoms with Crippen molar-refractivity contribution >= 4 is 23.5 Å². The van der Waals surface area contributed by atoms with Crippen LogP contribution in [0.4, 0.5) is 5.69 Å². The Kier molecular flexibility index (Phi) is 5.09. The number of nitrogens with zero attached hydrogens (tertiary/aromatic N) is 1. The number of allylic oxidation sites excluding steroid dienone is 1. The average molecular weight is 415 g/mol. The van der Waals surface area contributed by atoms with Crippen LogP contribution in [0.1, 0.15) is 37.4 Å². The maximum atomic E-state index is 12.7. The summed E-state index contributed by atoms with van der Waals surface area (Å²) in [6, 6.07) is 16.0. The summed E-state index contributed by atoms with van der Waals surface area (Å²) in [6.07, 6.45) is 1.52. The predicted molar refractivity (Wildman–Crippen MR) is 113 cm³/mol. The minimum atomic E-state index is -0.493. The normalized spacial score (nSPS) is 13.6. The topological polar surface area (TPSA) is 95.7 Å². The van der Waals surface area contributed by atoms with Crippen molar-refractivity contribution in [3.63, 3.8) is 0 Å². The van der Waals surface area contributed by atoms with Crippen molar-refractivity contribution in [2.24, 2.45) is 0 Å². The van der Waals surface area contributed by atoms with Crippen molar-refractivity contribution in [2.75, 3.05) is 0 Å². The van der Waals surface area contributed by atoms with Gasteiger partial charge in [0.1, 0.15) is 11.5 Å². The first-order valence-electron chi connectivity index (χ1n) is 9.45. The molecule has 0 aromatic heterocycles. The summed E-state index contributed by atoms with van der Waals surface area (Å²) >= 11 is 0. The highest BCUT2D eigenvalue weighted by Crippen LogP contribution is 2.39. The minimum Gasteiger partial charge on any atom is -0.452 e. The number of esters is 1. The Hall–Kier alpha value is -4.26. The maximum absolute atomic E-state index is 12.7. The summed E-state index contributed by atoms with van der Waals surface area (Å²) in [5, 5.41) is 10.8. The Morgan fingerprint density at radius 2 is 1.74 bits per heavy atom. The second-order valence-electron chi connectivity index (χ2n) is 7.06. The summed E-state index contributed by atoms with van der Waals surface area (Å²) in [4.78, 5) is 35.6. The van der Waals surface area contributed by atoms with Gasteiger partial charge in [-0.15, -0.1) is 0 Å². The number of carbonyl (C=O) groups excluding carboxylic acids is 2. The van der Waals surface area contributed by atoms with Crippen LogP contribution in [0.5, 0.6) is 11.5 Å². The number of hydrogen-bond donors (Lipinski definition) is 0. The third-order valence-corrected chi connectivity index (χ3v) is 5.01. The van der Waals surface area contributed by atoms with Crippen molar-refractivity contribution in [1.29, 1.82) is 0 Å². The van der Waals surface area contributed by atoms with Gasteiger partial charge in [-0.25, -0.2) is 4.79 Å². The summed E-state index contributed by atoms with van der Waals surface area (Å²) in [5.41, 5.74) is 2.69. The number of nitro benzene ring substituents is 1. The zero-order chi connectivity index (χ0) is 22.1. The van der Waals surface area contributed by atoms with Crippen LogP contribution in [-0.2, 0) is 0 Å². The predicted octanol–water partition coefficient (Wildman–Crippen LogP) is 5.05. The van der Waals surface area contributed by atoms with E-state index in [4.69, 9.17) is 9.47 Å². The van der Waals surface area contributed by atoms with Crippen LogP contribution in [0.15, 0.2) is 66.4 Å². The van der Waals surface area contributed by atoms with Gasteiger partial charge in [0, 0.05) is 17.7 Å². The van der Waals surface area contributed by atoms with E-state index in [1.165, 1.54) is 30.3 Å². The number of hydrogen-bond acceptors (Lipinski definition) is 6. The van der Waals surface area contributed by atoms with Crippen molar-refractivity contribution in [3.05, 3.63) is 104 Å². The number of aryl methyl sites for hydroxylation is 1. The lowest BCUT2D eigenvalue weighted by Crippen LogP contribution is -2.11. The zero-order valence-corrected chi connectivity index (χ0v) is 16.7. The van der Waals surface area contributed by atoms with Gasteiger partial charge < -0.3 is 9.47 Å². The molecule has 7 heteroatoms. The second kappa shape index (κ2) is 7.87. The third kappa shape index (κ3) is 3.81. The van der Waals surface area contributed by atoms with Gasteiger partial charge in [-0.2, -0.15) is 0 Å². The van der Waals surface area contributed by atoms with Gasteiger partial charge >= 0.3 is 5.97 Å². The van der Waals surface area contributed by atoms with E-state index >= 15 is 0 Å². The van der Waals surface area contributed by atoms with Crippen LogP contribution < -0.4 is 9.47 Å². The SMILES string of the molecule is Cc1ccccc1C(=O)Oc1ccc2c(c1C)O/C(=C\c1ccc([N+](=O)[O-])cc1)C2=O. The highest BCUT2D eigenvalue weighted by atomic mass is 16.6. The molecule has 0 radical (unpaired) electrons. The minimum absolute atomic E-state index is 0.0416. The molecule has 0 saturated heterocycles. The molecule has 0 saturated carbocycles. The second-order valence-corrected chi connectivity index (χ2v) is 7.06. The number of non-ortho nitro benzene ring substituents is 1. The lowest BCUT2D eigenvalue weighted by molar-refractivity contribution is -0.384. The molecule has 0 spiro atoms. The molecule has 3 aromatic rings. The fourth-order valence-corrected chi connectivity index (χ4v) is 3.28. The number of rotatable bonds is 4. The fourth-order valence-electron chi connectivity index (χ4n) is 3.28. The van der Waals surface area contributed by atoms with Crippen LogP contribution in [0.3, 0.4) is 0 Å². The molecule has 0 aliphatic carbocycles. The molecule has 0 N–H and O–H groups in total. The van der Waals surface area contributed by atoms with Crippen LogP contribution >= 0.6 is 0 Å². The Morgan fingerprint density at radius 1 is 1.03 bits per heavy atom. The first-order chi connectivity index (χ1) is 14.8. The molecule has 1 heterocycles. The number of benzene rings is 3. The number of carbonyl (C=O) groups is 2. The first kappa shape index (κ1) is 20.0. The van der Waals surface area contributed by atoms with Crippen LogP contribution in [-0.4, -0.2) is 16.7 Å². The molecule has 0 unspecified atom stereocenters. The Bertz CT molecular complexity index is 1260. The molecular weight excluding hydrogens is 398 g/mol. The van der Waals surface area contributed by atoms with E-state index in [0.717, 1.165) is 5.56 Å². The van der Waals surface area contributed by atoms with E-state index in [1.807, 2.05) is 19.1 Å². The van der Waals surface area contributed by atoms with Gasteiger partial charge in [0.2, 0.25) is 5.78 Å². The van der Waals surface area contributed by atoms with Gasteiger partial charge in [0.25, 0.3) is 5.69 Å². The fraction of sp³-hybridized carbons (Fsp3) is 0.0833. The Morgan fingerprint density at radius 3 is 2.42 bits per heavy atom. The molecular formula is C24H17NO6. The quantitative estimate of drug-likeness (QED) is 0.195. The number of nitro groups is 1. The molecule has 31 heavy (non-hydrogen) atoms. The molecule has 0 atom stereocenters. The van der Waals surface area contributed by atoms with Gasteiger partial charge in [-0.1, -0.05) is 18.2 Å². The van der Waals surface area contributed by atoms with E-state index in [-0.39, 0.29) is 17.2 Å². The zero-order valence-electron chi connectivity index (χ0n) is 16.7. The summed E-state index contributed by atoms with van der Waals surface area (Å²) < 4.78 is 11.3. The summed E-state index contributed by atoms with van der Waals surface area (Å²) in [5.74, 6) is -0.0840. The van der Waals surface area contributed by atoms with E-state index in [0.29, 0.717) is 33.8 Å². The van der Waals surface area contributed by atoms with Gasteiger partial charge in [0.05, 0.1) is 16.1 Å². The maximum Gasteiger partial charge on any atom is 0.343 e. The van der Waals surface area contributed by atoms with Gasteiger partial charge in [0.15, 0.2) is 5.76 Å². The largest absolute Gasteiger partial charge is 0.452 e. The number of Topliss-reactive ketones (excluding diaryl/α,β-unsaturated/α-hetero) is 1. The first-order valence-corrected chi connectivity index (χ1v) is 9.45. The van der Waals surface area contributed by atoms with Crippen molar-refractivity contribution < 1.29 is 24.0 Å². The van der Waals surface area contributed by atoms with Crippen LogP contribution in [0.2, 0.25) is 0 Å². The van der Waals surface area contributed by atoms with Gasteiger partial charge in [-0.05, 0) is 61.4 Å². The molecule has 1 aliphatic rings. The standard InChI is InChI=1S/C24H17NO6/c1-14-5-3-4-6-18(14)24(27)31-20-12-11-19-22(26)21(30-23(19)15(20)2)13-16-7-9-17(10-8-16)25(28)29/h3-13H,1-2H3/b21-13-. The molecule has 154 valence electrons. The number of ether oxygens (including phenoxy) is 2. The molecule has 7 nitrogen and oxygen atoms in total. The van der Waals surface area contributed by atoms with E-state index < -0.39 is 10.9 Å². The summed E-state index contributed by atoms with van der Waals surface area (Å²) in [7, 11) is 0. The smallest absolute Gasteiger partial charge is 0.343 e. The highest BCUT2D eigenvalue weighted by Gasteiger charge is 2.30. The molecule has 0 fully saturated rings. The van der Waals surface area contributed by atoms with Crippen molar-refractivity contribution in [3.8, 4) is 11.5 Å². The Balaban J connectivity index is 1.60. The monoisotopic (exact) mass is 415 g/mol. The number of fused-ring (bicyclic) bond motifs is 1. The molecule has 1 aliphatic heterocycles. The van der Waals surface area contributed by atoms with Crippen molar-refractivity contribution in [1.82, 2.24) is 0 Å². The molecule has 3 aromatic carbocycles. The lowest BCUT2D eigenvalue weighted by Gasteiger charge is -2.11. The number of ketones is 1. The average Bonchev–Trinajstić information content (AvgIpc) is 3.07. The van der Waals surface area contributed by atoms with E-state index in [1.54, 1.807) is 31.2 Å². The highest BCUT2D eigenvalue weighted by molar-refractivity contribution is 6.15. The Labute approximate surface area is 177 Å². The van der Waals surface area contributed by atoms with Crippen LogP contribution in [0, 0.1) is 24.0 Å². The van der Waals surface area contributed by atoms with E-state index in [9.17, 15) is 19.7 Å². The lowest BCUT2D eigenvalue weighted by atomic mass is 10.1. The molecule has 0 amide bonds. The van der Waals surface area contributed by atoms with Crippen LogP contribution in [0.25, 0.3) is 6.08 Å². The van der Waals surface area contributed by atoms with Crippen molar-refractivity contribution in [2.45, 2.75) is 13.8 Å². The van der Waals surface area contributed by atoms with E-state index in [2.05, 4.69) is 0 Å². The third-order valence-electron chi connectivity index (χ3n) is 5.01. The molecule has 4 rings (SSSR count).